The van der Waals surface area contributed by atoms with E-state index in [0.717, 1.165) is 0 Å². The molecule has 0 unspecified atom stereocenters. The molecule has 0 radical (unpaired) electrons. The van der Waals surface area contributed by atoms with Crippen LogP contribution in [0.2, 0.25) is 10.0 Å². The molecule has 1 aromatic heterocycles. The Kier molecular flexibility index (Phi) is 4.00. The van der Waals surface area contributed by atoms with Crippen LogP contribution < -0.4 is 5.32 Å². The Bertz CT molecular complexity index is 663. The van der Waals surface area contributed by atoms with E-state index in [0.29, 0.717) is 16.4 Å². The van der Waals surface area contributed by atoms with Gasteiger partial charge in [0.05, 0.1) is 21.2 Å². The van der Waals surface area contributed by atoms with Gasteiger partial charge in [0.1, 0.15) is 11.9 Å². The topological polar surface area (TPSA) is 65.8 Å². The Labute approximate surface area is 119 Å². The Morgan fingerprint density at radius 1 is 1.26 bits per heavy atom. The van der Waals surface area contributed by atoms with Crippen LogP contribution in [0.15, 0.2) is 36.5 Å². The summed E-state index contributed by atoms with van der Waals surface area (Å²) in [5.74, 6) is -0.0789. The molecule has 0 aliphatic rings. The van der Waals surface area contributed by atoms with E-state index >= 15 is 0 Å². The first kappa shape index (κ1) is 13.3. The van der Waals surface area contributed by atoms with Crippen LogP contribution in [0, 0.1) is 11.3 Å². The summed E-state index contributed by atoms with van der Waals surface area (Å²) in [6.07, 6.45) is 1.37. The fourth-order valence-electron chi connectivity index (χ4n) is 1.40. The molecule has 94 valence electrons. The molecule has 1 N–H and O–H groups in total. The van der Waals surface area contributed by atoms with Gasteiger partial charge in [0, 0.05) is 6.20 Å². The molecule has 0 saturated carbocycles. The van der Waals surface area contributed by atoms with Gasteiger partial charge in [-0.15, -0.1) is 0 Å². The summed E-state index contributed by atoms with van der Waals surface area (Å²) < 4.78 is 0. The maximum Gasteiger partial charge on any atom is 0.258 e. The second-order valence-electron chi connectivity index (χ2n) is 3.60. The molecule has 19 heavy (non-hydrogen) atoms. The first-order chi connectivity index (χ1) is 9.11. The Hall–Kier alpha value is -2.09. The van der Waals surface area contributed by atoms with E-state index in [4.69, 9.17) is 28.5 Å². The second kappa shape index (κ2) is 5.70. The van der Waals surface area contributed by atoms with Gasteiger partial charge in [-0.1, -0.05) is 29.3 Å². The van der Waals surface area contributed by atoms with E-state index in [1.165, 1.54) is 12.3 Å². The number of pyridine rings is 1. The van der Waals surface area contributed by atoms with Crippen LogP contribution in [0.3, 0.4) is 0 Å². The Morgan fingerprint density at radius 2 is 2.05 bits per heavy atom. The number of halogens is 2. The predicted molar refractivity (Wildman–Crippen MR) is 73.4 cm³/mol. The van der Waals surface area contributed by atoms with E-state index in [1.807, 2.05) is 6.07 Å². The summed E-state index contributed by atoms with van der Waals surface area (Å²) in [4.78, 5) is 15.9. The minimum absolute atomic E-state index is 0.190. The molecule has 6 heteroatoms. The van der Waals surface area contributed by atoms with Gasteiger partial charge in [0.2, 0.25) is 0 Å². The number of carbonyl (C=O) groups is 1. The van der Waals surface area contributed by atoms with Gasteiger partial charge in [-0.2, -0.15) is 5.26 Å². The normalized spacial score (nSPS) is 9.74. The number of anilines is 1. The second-order valence-corrected chi connectivity index (χ2v) is 4.38. The number of benzene rings is 1. The van der Waals surface area contributed by atoms with Crippen LogP contribution in [-0.2, 0) is 0 Å². The molecule has 0 bridgehead atoms. The van der Waals surface area contributed by atoms with Crippen LogP contribution in [-0.4, -0.2) is 10.9 Å². The van der Waals surface area contributed by atoms with Crippen molar-refractivity contribution in [2.24, 2.45) is 0 Å². The fourth-order valence-corrected chi connectivity index (χ4v) is 1.78. The number of nitriles is 1. The van der Waals surface area contributed by atoms with Crippen LogP contribution in [0.4, 0.5) is 5.82 Å². The summed E-state index contributed by atoms with van der Waals surface area (Å²) in [6.45, 7) is 0. The zero-order valence-corrected chi connectivity index (χ0v) is 11.0. The van der Waals surface area contributed by atoms with Crippen molar-refractivity contribution in [3.63, 3.8) is 0 Å². The molecule has 0 saturated heterocycles. The van der Waals surface area contributed by atoms with E-state index in [1.54, 1.807) is 24.3 Å². The van der Waals surface area contributed by atoms with Crippen molar-refractivity contribution < 1.29 is 4.79 Å². The van der Waals surface area contributed by atoms with Crippen molar-refractivity contribution in [3.05, 3.63) is 57.7 Å². The van der Waals surface area contributed by atoms with E-state index in [-0.39, 0.29) is 10.6 Å². The minimum atomic E-state index is -0.412. The first-order valence-corrected chi connectivity index (χ1v) is 5.99. The number of hydrogen-bond acceptors (Lipinski definition) is 3. The maximum absolute atomic E-state index is 12.0. The average Bonchev–Trinajstić information content (AvgIpc) is 2.42. The van der Waals surface area contributed by atoms with Crippen molar-refractivity contribution in [1.29, 1.82) is 5.26 Å². The van der Waals surface area contributed by atoms with Crippen molar-refractivity contribution in [2.45, 2.75) is 0 Å². The third-order valence-corrected chi connectivity index (χ3v) is 3.15. The van der Waals surface area contributed by atoms with Gasteiger partial charge in [-0.3, -0.25) is 4.79 Å². The zero-order chi connectivity index (χ0) is 13.8. The predicted octanol–water partition coefficient (Wildman–Crippen LogP) is 3.51. The van der Waals surface area contributed by atoms with Gasteiger partial charge in [-0.25, -0.2) is 4.98 Å². The fraction of sp³-hybridized carbons (Fsp3) is 0. The summed E-state index contributed by atoms with van der Waals surface area (Å²) in [7, 11) is 0. The molecule has 0 aliphatic carbocycles. The lowest BCUT2D eigenvalue weighted by Gasteiger charge is -2.06. The number of nitrogens with zero attached hydrogens (tertiary/aromatic N) is 2. The molecular weight excluding hydrogens is 285 g/mol. The van der Waals surface area contributed by atoms with Gasteiger partial charge >= 0.3 is 0 Å². The third-order valence-electron chi connectivity index (χ3n) is 2.33. The van der Waals surface area contributed by atoms with Crippen LogP contribution in [0.1, 0.15) is 15.9 Å². The molecule has 0 aliphatic heterocycles. The largest absolute Gasteiger partial charge is 0.307 e. The summed E-state index contributed by atoms with van der Waals surface area (Å²) in [5.41, 5.74) is 0.680. The summed E-state index contributed by atoms with van der Waals surface area (Å²) in [5, 5.41) is 11.7. The lowest BCUT2D eigenvalue weighted by atomic mass is 10.2. The summed E-state index contributed by atoms with van der Waals surface area (Å²) >= 11 is 11.8. The summed E-state index contributed by atoms with van der Waals surface area (Å²) in [6, 6.07) is 9.83. The number of hydrogen-bond donors (Lipinski definition) is 1. The molecular formula is C13H7Cl2N3O. The Balaban J connectivity index is 2.21. The smallest absolute Gasteiger partial charge is 0.258 e. The van der Waals surface area contributed by atoms with E-state index in [9.17, 15) is 4.79 Å². The minimum Gasteiger partial charge on any atom is -0.307 e. The molecule has 0 fully saturated rings. The number of carbonyl (C=O) groups excluding carboxylic acids is 1. The monoisotopic (exact) mass is 291 g/mol. The molecule has 1 amide bonds. The highest BCUT2D eigenvalue weighted by atomic mass is 35.5. The quantitative estimate of drug-likeness (QED) is 0.921. The molecule has 4 nitrogen and oxygen atoms in total. The molecule has 2 aromatic rings. The van der Waals surface area contributed by atoms with Gasteiger partial charge < -0.3 is 5.32 Å². The Morgan fingerprint density at radius 3 is 2.68 bits per heavy atom. The lowest BCUT2D eigenvalue weighted by Crippen LogP contribution is -2.13. The van der Waals surface area contributed by atoms with Gasteiger partial charge in [0.15, 0.2) is 0 Å². The van der Waals surface area contributed by atoms with Crippen LogP contribution in [0.25, 0.3) is 0 Å². The lowest BCUT2D eigenvalue weighted by molar-refractivity contribution is 0.102. The van der Waals surface area contributed by atoms with Crippen LogP contribution in [0.5, 0.6) is 0 Å². The third kappa shape index (κ3) is 3.02. The standard InChI is InChI=1S/C13H7Cl2N3O/c14-10-3-1-2-9(12(10)15)13(19)18-11-5-4-8(6-16)7-17-11/h1-5,7H,(H,17,18,19). The van der Waals surface area contributed by atoms with E-state index in [2.05, 4.69) is 10.3 Å². The van der Waals surface area contributed by atoms with Crippen molar-refractivity contribution in [1.82, 2.24) is 4.98 Å². The SMILES string of the molecule is N#Cc1ccc(NC(=O)c2cccc(Cl)c2Cl)nc1. The molecule has 1 heterocycles. The molecule has 1 aromatic carbocycles. The highest BCUT2D eigenvalue weighted by molar-refractivity contribution is 6.44. The van der Waals surface area contributed by atoms with Crippen molar-refractivity contribution in [2.75, 3.05) is 5.32 Å². The average molecular weight is 292 g/mol. The van der Waals surface area contributed by atoms with Crippen LogP contribution >= 0.6 is 23.2 Å². The number of rotatable bonds is 2. The molecule has 0 spiro atoms. The number of aromatic nitrogens is 1. The highest BCUT2D eigenvalue weighted by Gasteiger charge is 2.13. The first-order valence-electron chi connectivity index (χ1n) is 5.23. The molecule has 2 rings (SSSR count). The number of amides is 1. The maximum atomic E-state index is 12.0. The van der Waals surface area contributed by atoms with Crippen molar-refractivity contribution in [3.8, 4) is 6.07 Å². The van der Waals surface area contributed by atoms with Crippen molar-refractivity contribution >= 4 is 34.9 Å². The number of nitrogens with one attached hydrogen (secondary N) is 1. The van der Waals surface area contributed by atoms with Gasteiger partial charge in [-0.05, 0) is 24.3 Å². The zero-order valence-electron chi connectivity index (χ0n) is 9.52. The molecule has 0 atom stereocenters. The highest BCUT2D eigenvalue weighted by Crippen LogP contribution is 2.25. The van der Waals surface area contributed by atoms with Gasteiger partial charge in [0.25, 0.3) is 5.91 Å². The van der Waals surface area contributed by atoms with E-state index < -0.39 is 5.91 Å².